The van der Waals surface area contributed by atoms with Crippen molar-refractivity contribution in [3.63, 3.8) is 0 Å². The van der Waals surface area contributed by atoms with Crippen LogP contribution in [0, 0.1) is 0 Å². The van der Waals surface area contributed by atoms with Crippen molar-refractivity contribution in [3.8, 4) is 11.5 Å². The van der Waals surface area contributed by atoms with Crippen molar-refractivity contribution in [1.29, 1.82) is 0 Å². The molecule has 4 rings (SSSR count). The first-order chi connectivity index (χ1) is 12.6. The SMILES string of the molecule is C=C(Cc1ccc2cccnc2c1[O-])Cc1ccc2cccnc2c1[O-]. The third kappa shape index (κ3) is 2.86. The fourth-order valence-electron chi connectivity index (χ4n) is 3.20. The summed E-state index contributed by atoms with van der Waals surface area (Å²) in [5, 5.41) is 26.8. The van der Waals surface area contributed by atoms with Crippen LogP contribution in [0.2, 0.25) is 0 Å². The predicted molar refractivity (Wildman–Crippen MR) is 98.9 cm³/mol. The molecule has 2 heterocycles. The molecule has 0 saturated carbocycles. The average Bonchev–Trinajstić information content (AvgIpc) is 2.67. The van der Waals surface area contributed by atoms with Crippen molar-refractivity contribution in [1.82, 2.24) is 9.97 Å². The smallest absolute Gasteiger partial charge is 0.0626 e. The largest absolute Gasteiger partial charge is 0.871 e. The number of rotatable bonds is 4. The maximum atomic E-state index is 12.6. The minimum Gasteiger partial charge on any atom is -0.871 e. The molecule has 0 fully saturated rings. The number of hydrogen-bond acceptors (Lipinski definition) is 4. The molecule has 0 bridgehead atoms. The van der Waals surface area contributed by atoms with Gasteiger partial charge >= 0.3 is 0 Å². The van der Waals surface area contributed by atoms with Gasteiger partial charge in [-0.2, -0.15) is 0 Å². The average molecular weight is 340 g/mol. The Balaban J connectivity index is 1.60. The molecule has 2 aromatic carbocycles. The lowest BCUT2D eigenvalue weighted by Gasteiger charge is -2.19. The van der Waals surface area contributed by atoms with Gasteiger partial charge in [0.25, 0.3) is 0 Å². The van der Waals surface area contributed by atoms with Gasteiger partial charge in [-0.3, -0.25) is 9.97 Å². The van der Waals surface area contributed by atoms with Crippen LogP contribution >= 0.6 is 0 Å². The van der Waals surface area contributed by atoms with Crippen LogP contribution in [0.1, 0.15) is 11.1 Å². The van der Waals surface area contributed by atoms with Crippen molar-refractivity contribution in [3.05, 3.63) is 84.2 Å². The Labute approximate surface area is 151 Å². The van der Waals surface area contributed by atoms with Gasteiger partial charge in [0.15, 0.2) is 0 Å². The Morgan fingerprint density at radius 1 is 0.731 bits per heavy atom. The van der Waals surface area contributed by atoms with Crippen LogP contribution in [0.25, 0.3) is 21.8 Å². The second-order valence-corrected chi connectivity index (χ2v) is 6.36. The first-order valence-corrected chi connectivity index (χ1v) is 8.37. The van der Waals surface area contributed by atoms with Gasteiger partial charge in [0.1, 0.15) is 0 Å². The molecule has 0 atom stereocenters. The molecule has 2 aromatic heterocycles. The molecule has 4 heteroatoms. The molecule has 0 aliphatic heterocycles. The third-order valence-electron chi connectivity index (χ3n) is 4.50. The van der Waals surface area contributed by atoms with E-state index in [0.29, 0.717) is 35.0 Å². The van der Waals surface area contributed by atoms with Gasteiger partial charge in [-0.15, -0.1) is 0 Å². The van der Waals surface area contributed by atoms with E-state index >= 15 is 0 Å². The first kappa shape index (κ1) is 16.1. The molecule has 4 aromatic rings. The topological polar surface area (TPSA) is 71.9 Å². The van der Waals surface area contributed by atoms with Crippen LogP contribution in [0.4, 0.5) is 0 Å². The van der Waals surface area contributed by atoms with Gasteiger partial charge in [0, 0.05) is 12.4 Å². The maximum Gasteiger partial charge on any atom is 0.0626 e. The molecule has 0 radical (unpaired) electrons. The molecule has 0 aliphatic rings. The molecule has 0 saturated heterocycles. The minimum atomic E-state index is -0.0771. The Hall–Kier alpha value is -3.40. The van der Waals surface area contributed by atoms with Crippen LogP contribution in [0.15, 0.2) is 73.1 Å². The van der Waals surface area contributed by atoms with Gasteiger partial charge in [-0.25, -0.2) is 0 Å². The fourth-order valence-corrected chi connectivity index (χ4v) is 3.20. The van der Waals surface area contributed by atoms with E-state index in [1.807, 2.05) is 48.5 Å². The van der Waals surface area contributed by atoms with E-state index in [1.165, 1.54) is 0 Å². The number of fused-ring (bicyclic) bond motifs is 2. The summed E-state index contributed by atoms with van der Waals surface area (Å²) in [7, 11) is 0. The molecule has 0 aliphatic carbocycles. The van der Waals surface area contributed by atoms with E-state index < -0.39 is 0 Å². The second-order valence-electron chi connectivity index (χ2n) is 6.36. The van der Waals surface area contributed by atoms with Crippen LogP contribution < -0.4 is 10.2 Å². The van der Waals surface area contributed by atoms with Crippen LogP contribution in [0.5, 0.6) is 11.5 Å². The summed E-state index contributed by atoms with van der Waals surface area (Å²) in [6.07, 6.45) is 4.08. The lowest BCUT2D eigenvalue weighted by atomic mass is 9.97. The zero-order valence-corrected chi connectivity index (χ0v) is 14.1. The maximum absolute atomic E-state index is 12.6. The van der Waals surface area contributed by atoms with Crippen molar-refractivity contribution in [2.45, 2.75) is 12.8 Å². The third-order valence-corrected chi connectivity index (χ3v) is 4.50. The second kappa shape index (κ2) is 6.48. The number of hydrogen-bond donors (Lipinski definition) is 0. The van der Waals surface area contributed by atoms with Crippen LogP contribution in [-0.2, 0) is 12.8 Å². The predicted octanol–water partition coefficient (Wildman–Crippen LogP) is 3.27. The molecule has 0 unspecified atom stereocenters. The van der Waals surface area contributed by atoms with Gasteiger partial charge in [-0.1, -0.05) is 60.0 Å². The fraction of sp³-hybridized carbons (Fsp3) is 0.0909. The zero-order chi connectivity index (χ0) is 18.1. The summed E-state index contributed by atoms with van der Waals surface area (Å²) in [5.41, 5.74) is 3.04. The highest BCUT2D eigenvalue weighted by Gasteiger charge is 2.06. The standard InChI is InChI=1S/C22H18N2O2/c1-14(12-17-8-6-15-4-2-10-23-19(15)21(17)25)13-18-9-7-16-5-3-11-24-20(16)22(18)26/h2-11,25-26H,1,12-13H2/p-2. The Morgan fingerprint density at radius 3 is 1.65 bits per heavy atom. The number of pyridine rings is 2. The molecular formula is C22H16N2O2-2. The normalized spacial score (nSPS) is 11.1. The van der Waals surface area contributed by atoms with Gasteiger partial charge in [0.05, 0.1) is 11.0 Å². The molecular weight excluding hydrogens is 324 g/mol. The first-order valence-electron chi connectivity index (χ1n) is 8.37. The summed E-state index contributed by atoms with van der Waals surface area (Å²) in [6, 6.07) is 14.8. The summed E-state index contributed by atoms with van der Waals surface area (Å²) < 4.78 is 0. The molecule has 128 valence electrons. The number of allylic oxidation sites excluding steroid dienone is 1. The lowest BCUT2D eigenvalue weighted by Crippen LogP contribution is -2.04. The molecule has 0 spiro atoms. The van der Waals surface area contributed by atoms with E-state index in [2.05, 4.69) is 16.5 Å². The summed E-state index contributed by atoms with van der Waals surface area (Å²) in [5.74, 6) is -0.154. The van der Waals surface area contributed by atoms with E-state index in [4.69, 9.17) is 0 Å². The van der Waals surface area contributed by atoms with E-state index in [1.54, 1.807) is 12.4 Å². The van der Waals surface area contributed by atoms with Crippen molar-refractivity contribution in [2.75, 3.05) is 0 Å². The van der Waals surface area contributed by atoms with Crippen LogP contribution in [-0.4, -0.2) is 9.97 Å². The number of aromatic nitrogens is 2. The Morgan fingerprint density at radius 2 is 1.19 bits per heavy atom. The monoisotopic (exact) mass is 340 g/mol. The van der Waals surface area contributed by atoms with Gasteiger partial charge in [-0.05, 0) is 46.9 Å². The molecule has 26 heavy (non-hydrogen) atoms. The number of benzene rings is 2. The van der Waals surface area contributed by atoms with Crippen LogP contribution in [0.3, 0.4) is 0 Å². The molecule has 0 N–H and O–H groups in total. The number of nitrogens with zero attached hydrogens (tertiary/aromatic N) is 2. The summed E-state index contributed by atoms with van der Waals surface area (Å²) >= 11 is 0. The zero-order valence-electron chi connectivity index (χ0n) is 14.1. The van der Waals surface area contributed by atoms with E-state index in [-0.39, 0.29) is 11.5 Å². The highest BCUT2D eigenvalue weighted by Crippen LogP contribution is 2.29. The highest BCUT2D eigenvalue weighted by molar-refractivity contribution is 5.86. The van der Waals surface area contributed by atoms with E-state index in [0.717, 1.165) is 16.3 Å². The van der Waals surface area contributed by atoms with Crippen molar-refractivity contribution in [2.24, 2.45) is 0 Å². The molecule has 0 amide bonds. The minimum absolute atomic E-state index is 0.0771. The molecule has 4 nitrogen and oxygen atoms in total. The van der Waals surface area contributed by atoms with E-state index in [9.17, 15) is 10.2 Å². The van der Waals surface area contributed by atoms with Gasteiger partial charge in [0.2, 0.25) is 0 Å². The van der Waals surface area contributed by atoms with Crippen molar-refractivity contribution >= 4 is 21.8 Å². The lowest BCUT2D eigenvalue weighted by molar-refractivity contribution is -0.267. The highest BCUT2D eigenvalue weighted by atomic mass is 16.3. The summed E-state index contributed by atoms with van der Waals surface area (Å²) in [4.78, 5) is 8.36. The Kier molecular flexibility index (Phi) is 4.01. The Bertz CT molecular complexity index is 1050. The quantitative estimate of drug-likeness (QED) is 0.535. The summed E-state index contributed by atoms with van der Waals surface area (Å²) in [6.45, 7) is 4.07. The van der Waals surface area contributed by atoms with Gasteiger partial charge < -0.3 is 10.2 Å². The van der Waals surface area contributed by atoms with Crippen molar-refractivity contribution < 1.29 is 10.2 Å².